The van der Waals surface area contributed by atoms with E-state index in [0.29, 0.717) is 11.3 Å². The summed E-state index contributed by atoms with van der Waals surface area (Å²) in [5.41, 5.74) is 10.1. The van der Waals surface area contributed by atoms with Crippen molar-refractivity contribution in [2.45, 2.75) is 6.92 Å². The number of carbonyl (C=O) groups is 1. The molecular formula is C16H18N2O2. The van der Waals surface area contributed by atoms with Crippen LogP contribution in [0, 0.1) is 6.92 Å². The molecule has 4 nitrogen and oxygen atoms in total. The number of esters is 1. The zero-order valence-corrected chi connectivity index (χ0v) is 11.9. The second-order valence-electron chi connectivity index (χ2n) is 4.66. The molecule has 104 valence electrons. The summed E-state index contributed by atoms with van der Waals surface area (Å²) in [5.74, 6) is -0.388. The van der Waals surface area contributed by atoms with Gasteiger partial charge in [-0.3, -0.25) is 0 Å². The number of nitrogens with zero attached hydrogens (tertiary/aromatic N) is 1. The predicted molar refractivity (Wildman–Crippen MR) is 81.4 cm³/mol. The van der Waals surface area contributed by atoms with Crippen LogP contribution in [0.25, 0.3) is 0 Å². The van der Waals surface area contributed by atoms with Crippen LogP contribution in [-0.4, -0.2) is 20.1 Å². The molecule has 0 radical (unpaired) electrons. The molecule has 0 heterocycles. The van der Waals surface area contributed by atoms with Crippen LogP contribution in [0.2, 0.25) is 0 Å². The quantitative estimate of drug-likeness (QED) is 0.687. The monoisotopic (exact) mass is 270 g/mol. The normalized spacial score (nSPS) is 10.2. The van der Waals surface area contributed by atoms with Crippen LogP contribution in [-0.2, 0) is 4.74 Å². The highest BCUT2D eigenvalue weighted by Gasteiger charge is 2.11. The summed E-state index contributed by atoms with van der Waals surface area (Å²) in [5, 5.41) is 0. The molecule has 0 atom stereocenters. The van der Waals surface area contributed by atoms with Gasteiger partial charge >= 0.3 is 5.97 Å². The van der Waals surface area contributed by atoms with Crippen molar-refractivity contribution >= 4 is 23.0 Å². The number of aryl methyl sites for hydroxylation is 1. The number of nitrogens with two attached hydrogens (primary N) is 1. The molecule has 0 aliphatic rings. The average Bonchev–Trinajstić information content (AvgIpc) is 2.46. The van der Waals surface area contributed by atoms with Crippen LogP contribution < -0.4 is 10.6 Å². The van der Waals surface area contributed by atoms with Gasteiger partial charge in [-0.2, -0.15) is 0 Å². The Morgan fingerprint density at radius 2 is 1.80 bits per heavy atom. The van der Waals surface area contributed by atoms with Crippen molar-refractivity contribution in [2.24, 2.45) is 0 Å². The fraction of sp³-hybridized carbons (Fsp3) is 0.188. The summed E-state index contributed by atoms with van der Waals surface area (Å²) in [6.45, 7) is 2.04. The fourth-order valence-corrected chi connectivity index (χ4v) is 2.01. The van der Waals surface area contributed by atoms with Crippen molar-refractivity contribution in [3.8, 4) is 0 Å². The van der Waals surface area contributed by atoms with E-state index in [2.05, 4.69) is 4.74 Å². The van der Waals surface area contributed by atoms with E-state index in [1.165, 1.54) is 12.7 Å². The first kappa shape index (κ1) is 13.9. The van der Waals surface area contributed by atoms with Crippen LogP contribution in [0.5, 0.6) is 0 Å². The molecule has 4 heteroatoms. The molecule has 0 bridgehead atoms. The number of methoxy groups -OCH3 is 1. The van der Waals surface area contributed by atoms with Crippen LogP contribution in [0.4, 0.5) is 17.1 Å². The third-order valence-corrected chi connectivity index (χ3v) is 3.23. The molecular weight excluding hydrogens is 252 g/mol. The lowest BCUT2D eigenvalue weighted by molar-refractivity contribution is 0.0601. The van der Waals surface area contributed by atoms with Gasteiger partial charge in [-0.25, -0.2) is 4.79 Å². The molecule has 0 aromatic heterocycles. The predicted octanol–water partition coefficient (Wildman–Crippen LogP) is 3.13. The lowest BCUT2D eigenvalue weighted by Crippen LogP contribution is -2.12. The highest BCUT2D eigenvalue weighted by Crippen LogP contribution is 2.29. The van der Waals surface area contributed by atoms with Crippen LogP contribution in [0.1, 0.15) is 15.9 Å². The van der Waals surface area contributed by atoms with Gasteiger partial charge < -0.3 is 15.4 Å². The minimum absolute atomic E-state index is 0.388. The Morgan fingerprint density at radius 3 is 2.35 bits per heavy atom. The van der Waals surface area contributed by atoms with Crippen molar-refractivity contribution < 1.29 is 9.53 Å². The lowest BCUT2D eigenvalue weighted by Gasteiger charge is -2.21. The van der Waals surface area contributed by atoms with Gasteiger partial charge in [0.2, 0.25) is 0 Å². The molecule has 0 aliphatic heterocycles. The minimum atomic E-state index is -0.388. The molecule has 0 amide bonds. The molecule has 0 saturated carbocycles. The second kappa shape index (κ2) is 5.65. The zero-order valence-electron chi connectivity index (χ0n) is 11.9. The van der Waals surface area contributed by atoms with Gasteiger partial charge in [-0.05, 0) is 37.3 Å². The van der Waals surface area contributed by atoms with Gasteiger partial charge in [0.25, 0.3) is 0 Å². The first-order valence-corrected chi connectivity index (χ1v) is 6.31. The second-order valence-corrected chi connectivity index (χ2v) is 4.66. The molecule has 0 saturated heterocycles. The number of rotatable bonds is 3. The molecule has 0 aliphatic carbocycles. The van der Waals surface area contributed by atoms with Crippen LogP contribution >= 0.6 is 0 Å². The maximum absolute atomic E-state index is 11.5. The average molecular weight is 270 g/mol. The van der Waals surface area contributed by atoms with E-state index in [1.54, 1.807) is 12.1 Å². The van der Waals surface area contributed by atoms with Crippen molar-refractivity contribution in [1.29, 1.82) is 0 Å². The summed E-state index contributed by atoms with van der Waals surface area (Å²) < 4.78 is 4.68. The third kappa shape index (κ3) is 2.74. The van der Waals surface area contributed by atoms with Gasteiger partial charge in [0.05, 0.1) is 24.0 Å². The van der Waals surface area contributed by atoms with E-state index < -0.39 is 0 Å². The summed E-state index contributed by atoms with van der Waals surface area (Å²) in [7, 11) is 3.29. The summed E-state index contributed by atoms with van der Waals surface area (Å²) >= 11 is 0. The highest BCUT2D eigenvalue weighted by molar-refractivity contribution is 5.92. The molecule has 2 aromatic rings. The first-order chi connectivity index (χ1) is 9.52. The summed E-state index contributed by atoms with van der Waals surface area (Å²) in [6.07, 6.45) is 0. The Hall–Kier alpha value is -2.49. The topological polar surface area (TPSA) is 55.6 Å². The number of anilines is 3. The molecule has 20 heavy (non-hydrogen) atoms. The van der Waals surface area contributed by atoms with Crippen molar-refractivity contribution in [2.75, 3.05) is 24.8 Å². The molecule has 0 unspecified atom stereocenters. The molecule has 2 aromatic carbocycles. The van der Waals surface area contributed by atoms with Gasteiger partial charge in [-0.1, -0.05) is 17.7 Å². The largest absolute Gasteiger partial charge is 0.465 e. The Labute approximate surface area is 118 Å². The summed E-state index contributed by atoms with van der Waals surface area (Å²) in [4.78, 5) is 13.4. The number of ether oxygens (including phenoxy) is 1. The standard InChI is InChI=1S/C16H18N2O2/c1-11-4-7-13(8-5-11)18(2)15-9-6-12(10-14(15)17)16(19)20-3/h4-10H,17H2,1-3H3. The third-order valence-electron chi connectivity index (χ3n) is 3.23. The number of carbonyl (C=O) groups excluding carboxylic acids is 1. The van der Waals surface area contributed by atoms with Gasteiger partial charge in [0.1, 0.15) is 0 Å². The van der Waals surface area contributed by atoms with Crippen LogP contribution in [0.15, 0.2) is 42.5 Å². The number of nitrogen functional groups attached to an aromatic ring is 1. The maximum Gasteiger partial charge on any atom is 0.337 e. The van der Waals surface area contributed by atoms with E-state index in [4.69, 9.17) is 5.73 Å². The molecule has 0 fully saturated rings. The lowest BCUT2D eigenvalue weighted by atomic mass is 10.1. The number of benzene rings is 2. The molecule has 0 spiro atoms. The SMILES string of the molecule is COC(=O)c1ccc(N(C)c2ccc(C)cc2)c(N)c1. The minimum Gasteiger partial charge on any atom is -0.465 e. The Kier molecular flexibility index (Phi) is 3.94. The zero-order chi connectivity index (χ0) is 14.7. The van der Waals surface area contributed by atoms with E-state index in [0.717, 1.165) is 11.4 Å². The van der Waals surface area contributed by atoms with Crippen molar-refractivity contribution in [1.82, 2.24) is 0 Å². The Bertz CT molecular complexity index is 621. The van der Waals surface area contributed by atoms with Gasteiger partial charge in [-0.15, -0.1) is 0 Å². The van der Waals surface area contributed by atoms with Crippen molar-refractivity contribution in [3.63, 3.8) is 0 Å². The molecule has 2 N–H and O–H groups in total. The van der Waals surface area contributed by atoms with Gasteiger partial charge in [0.15, 0.2) is 0 Å². The highest BCUT2D eigenvalue weighted by atomic mass is 16.5. The van der Waals surface area contributed by atoms with E-state index >= 15 is 0 Å². The van der Waals surface area contributed by atoms with E-state index in [9.17, 15) is 4.79 Å². The Morgan fingerprint density at radius 1 is 1.15 bits per heavy atom. The van der Waals surface area contributed by atoms with E-state index in [1.807, 2.05) is 49.2 Å². The smallest absolute Gasteiger partial charge is 0.337 e. The maximum atomic E-state index is 11.5. The number of hydrogen-bond acceptors (Lipinski definition) is 4. The van der Waals surface area contributed by atoms with Gasteiger partial charge in [0, 0.05) is 12.7 Å². The van der Waals surface area contributed by atoms with E-state index in [-0.39, 0.29) is 5.97 Å². The molecule has 2 rings (SSSR count). The fourth-order valence-electron chi connectivity index (χ4n) is 2.01. The summed E-state index contributed by atoms with van der Waals surface area (Å²) in [6, 6.07) is 13.3. The van der Waals surface area contributed by atoms with Crippen molar-refractivity contribution in [3.05, 3.63) is 53.6 Å². The Balaban J connectivity index is 2.33. The van der Waals surface area contributed by atoms with Crippen LogP contribution in [0.3, 0.4) is 0 Å². The first-order valence-electron chi connectivity index (χ1n) is 6.31. The number of hydrogen-bond donors (Lipinski definition) is 1.